The lowest BCUT2D eigenvalue weighted by atomic mass is 10.1. The van der Waals surface area contributed by atoms with Crippen LogP contribution in [0, 0.1) is 6.92 Å². The van der Waals surface area contributed by atoms with Gasteiger partial charge in [-0.2, -0.15) is 13.2 Å². The molecule has 37 heavy (non-hydrogen) atoms. The lowest BCUT2D eigenvalue weighted by Crippen LogP contribution is -2.38. The molecule has 3 heterocycles. The number of hydrogen-bond donors (Lipinski definition) is 2. The number of thiazole rings is 1. The average Bonchev–Trinajstić information content (AvgIpc) is 3.51. The quantitative estimate of drug-likeness (QED) is 0.440. The summed E-state index contributed by atoms with van der Waals surface area (Å²) in [6.45, 7) is 4.09. The first kappa shape index (κ1) is 26.3. The second kappa shape index (κ2) is 10.7. The molecule has 0 saturated carbocycles. The molecule has 9 nitrogen and oxygen atoms in total. The Hall–Kier alpha value is -3.74. The molecule has 1 unspecified atom stereocenters. The van der Waals surface area contributed by atoms with Crippen molar-refractivity contribution in [1.82, 2.24) is 25.2 Å². The minimum Gasteiger partial charge on any atom is -0.491 e. The topological polar surface area (TPSA) is 118 Å². The molecular weight excluding hydrogens is 511 g/mol. The smallest absolute Gasteiger partial charge is 0.451 e. The summed E-state index contributed by atoms with van der Waals surface area (Å²) >= 11 is 1.44. The van der Waals surface area contributed by atoms with Gasteiger partial charge in [-0.25, -0.2) is 19.7 Å². The van der Waals surface area contributed by atoms with E-state index < -0.39 is 30.0 Å². The standard InChI is InChI=1S/C24H24F3N5O4S/c1-13-9-28-21(37-13)16-6-15(7-19(8-16)36-12-18-4-3-5-32(18)23(34)35)20(33)31-14(2)17-10-29-22(30-11-17)24(25,26)27/h6-11,14,18H,3-5,12H2,1-2H3,(H,31,33)(H,34,35)/t14?,18-/m1/s1. The zero-order valence-electron chi connectivity index (χ0n) is 20.0. The van der Waals surface area contributed by atoms with E-state index >= 15 is 0 Å². The van der Waals surface area contributed by atoms with E-state index in [0.29, 0.717) is 34.8 Å². The number of rotatable bonds is 7. The number of aromatic nitrogens is 3. The van der Waals surface area contributed by atoms with Gasteiger partial charge in [0.1, 0.15) is 17.4 Å². The molecular formula is C24H24F3N5O4S. The van der Waals surface area contributed by atoms with Crippen molar-refractivity contribution in [2.75, 3.05) is 13.2 Å². The fourth-order valence-corrected chi connectivity index (χ4v) is 4.70. The number of ether oxygens (including phenoxy) is 1. The second-order valence-electron chi connectivity index (χ2n) is 8.64. The van der Waals surface area contributed by atoms with Crippen molar-refractivity contribution in [2.45, 2.75) is 44.9 Å². The van der Waals surface area contributed by atoms with Gasteiger partial charge in [0, 0.05) is 46.7 Å². The summed E-state index contributed by atoms with van der Waals surface area (Å²) in [4.78, 5) is 37.9. The van der Waals surface area contributed by atoms with Crippen LogP contribution in [0.1, 0.15) is 52.4 Å². The third-order valence-electron chi connectivity index (χ3n) is 5.88. The van der Waals surface area contributed by atoms with E-state index in [-0.39, 0.29) is 18.2 Å². The maximum Gasteiger partial charge on any atom is 0.451 e. The van der Waals surface area contributed by atoms with Crippen molar-refractivity contribution in [3.8, 4) is 16.3 Å². The first-order chi connectivity index (χ1) is 17.5. The molecule has 196 valence electrons. The van der Waals surface area contributed by atoms with Crippen LogP contribution in [0.5, 0.6) is 5.75 Å². The highest BCUT2D eigenvalue weighted by molar-refractivity contribution is 7.14. The number of aryl methyl sites for hydroxylation is 1. The Morgan fingerprint density at radius 2 is 1.95 bits per heavy atom. The van der Waals surface area contributed by atoms with E-state index in [1.165, 1.54) is 22.3 Å². The molecule has 1 fully saturated rings. The number of carbonyl (C=O) groups excluding carboxylic acids is 1. The fourth-order valence-electron chi connectivity index (χ4n) is 3.95. The van der Waals surface area contributed by atoms with Crippen LogP contribution in [0.15, 0.2) is 36.8 Å². The largest absolute Gasteiger partial charge is 0.491 e. The predicted octanol–water partition coefficient (Wildman–Crippen LogP) is 4.94. The van der Waals surface area contributed by atoms with Crippen LogP contribution in [0.25, 0.3) is 10.6 Å². The van der Waals surface area contributed by atoms with E-state index in [1.54, 1.807) is 25.3 Å². The van der Waals surface area contributed by atoms with Gasteiger partial charge in [0.15, 0.2) is 0 Å². The normalized spacial score (nSPS) is 16.5. The summed E-state index contributed by atoms with van der Waals surface area (Å²) in [6.07, 6.45) is -0.464. The summed E-state index contributed by atoms with van der Waals surface area (Å²) in [7, 11) is 0. The van der Waals surface area contributed by atoms with Crippen molar-refractivity contribution in [2.24, 2.45) is 0 Å². The van der Waals surface area contributed by atoms with Crippen LogP contribution >= 0.6 is 11.3 Å². The second-order valence-corrected chi connectivity index (χ2v) is 9.87. The molecule has 3 aromatic rings. The molecule has 1 aliphatic heterocycles. The lowest BCUT2D eigenvalue weighted by Gasteiger charge is -2.22. The first-order valence-corrected chi connectivity index (χ1v) is 12.2. The van der Waals surface area contributed by atoms with Crippen molar-refractivity contribution < 1.29 is 32.6 Å². The number of nitrogens with one attached hydrogen (secondary N) is 1. The summed E-state index contributed by atoms with van der Waals surface area (Å²) < 4.78 is 44.2. The number of likely N-dealkylation sites (tertiary alicyclic amines) is 1. The Bertz CT molecular complexity index is 1280. The van der Waals surface area contributed by atoms with Gasteiger partial charge in [-0.3, -0.25) is 4.79 Å². The third-order valence-corrected chi connectivity index (χ3v) is 6.84. The van der Waals surface area contributed by atoms with Crippen LogP contribution in [-0.2, 0) is 6.18 Å². The molecule has 2 amide bonds. The fraction of sp³-hybridized carbons (Fsp3) is 0.375. The number of alkyl halides is 3. The Morgan fingerprint density at radius 3 is 2.57 bits per heavy atom. The van der Waals surface area contributed by atoms with Crippen molar-refractivity contribution in [3.63, 3.8) is 0 Å². The first-order valence-electron chi connectivity index (χ1n) is 11.4. The number of halogens is 3. The van der Waals surface area contributed by atoms with E-state index in [2.05, 4.69) is 20.3 Å². The Kier molecular flexibility index (Phi) is 7.62. The number of carbonyl (C=O) groups is 2. The Balaban J connectivity index is 1.54. The van der Waals surface area contributed by atoms with Gasteiger partial charge in [-0.15, -0.1) is 11.3 Å². The van der Waals surface area contributed by atoms with Gasteiger partial charge in [0.2, 0.25) is 5.82 Å². The molecule has 0 aliphatic carbocycles. The lowest BCUT2D eigenvalue weighted by molar-refractivity contribution is -0.145. The molecule has 0 spiro atoms. The maximum atomic E-state index is 13.1. The van der Waals surface area contributed by atoms with E-state index in [0.717, 1.165) is 23.7 Å². The van der Waals surface area contributed by atoms with Gasteiger partial charge < -0.3 is 20.1 Å². The molecule has 2 N–H and O–H groups in total. The number of carboxylic acid groups (broad SMARTS) is 1. The van der Waals surface area contributed by atoms with Crippen LogP contribution in [0.3, 0.4) is 0 Å². The zero-order valence-corrected chi connectivity index (χ0v) is 20.8. The summed E-state index contributed by atoms with van der Waals surface area (Å²) in [5, 5.41) is 12.8. The van der Waals surface area contributed by atoms with E-state index in [1.807, 2.05) is 6.92 Å². The van der Waals surface area contributed by atoms with Crippen molar-refractivity contribution in [3.05, 3.63) is 58.6 Å². The third kappa shape index (κ3) is 6.34. The number of hydrogen-bond acceptors (Lipinski definition) is 7. The van der Waals surface area contributed by atoms with Crippen LogP contribution in [0.2, 0.25) is 0 Å². The SMILES string of the molecule is Cc1cnc(-c2cc(OC[C@H]3CCCN3C(=O)O)cc(C(=O)NC(C)c3cnc(C(F)(F)F)nc3)c2)s1. The molecule has 2 atom stereocenters. The Labute approximate surface area is 214 Å². The van der Waals surface area contributed by atoms with Gasteiger partial charge in [-0.05, 0) is 44.9 Å². The molecule has 13 heteroatoms. The monoisotopic (exact) mass is 535 g/mol. The molecule has 0 radical (unpaired) electrons. The zero-order chi connectivity index (χ0) is 26.7. The minimum absolute atomic E-state index is 0.132. The molecule has 1 aliphatic rings. The number of nitrogens with zero attached hydrogens (tertiary/aromatic N) is 4. The highest BCUT2D eigenvalue weighted by Gasteiger charge is 2.34. The van der Waals surface area contributed by atoms with Gasteiger partial charge in [0.05, 0.1) is 12.1 Å². The summed E-state index contributed by atoms with van der Waals surface area (Å²) in [6, 6.07) is 3.96. The molecule has 1 aromatic carbocycles. The molecule has 2 aromatic heterocycles. The van der Waals surface area contributed by atoms with Gasteiger partial charge in [-0.1, -0.05) is 0 Å². The van der Waals surface area contributed by atoms with Crippen molar-refractivity contribution >= 4 is 23.3 Å². The molecule has 1 saturated heterocycles. The van der Waals surface area contributed by atoms with Crippen LogP contribution < -0.4 is 10.1 Å². The highest BCUT2D eigenvalue weighted by Crippen LogP contribution is 2.31. The van der Waals surface area contributed by atoms with Gasteiger partial charge >= 0.3 is 12.3 Å². The average molecular weight is 536 g/mol. The summed E-state index contributed by atoms with van der Waals surface area (Å²) in [5.41, 5.74) is 1.20. The Morgan fingerprint density at radius 1 is 1.22 bits per heavy atom. The minimum atomic E-state index is -4.66. The maximum absolute atomic E-state index is 13.1. The van der Waals surface area contributed by atoms with Crippen molar-refractivity contribution in [1.29, 1.82) is 0 Å². The van der Waals surface area contributed by atoms with E-state index in [9.17, 15) is 27.9 Å². The van der Waals surface area contributed by atoms with Crippen LogP contribution in [-0.4, -0.2) is 56.2 Å². The van der Waals surface area contributed by atoms with Crippen LogP contribution in [0.4, 0.5) is 18.0 Å². The summed E-state index contributed by atoms with van der Waals surface area (Å²) in [5.74, 6) is -1.37. The van der Waals surface area contributed by atoms with Gasteiger partial charge in [0.25, 0.3) is 5.91 Å². The predicted molar refractivity (Wildman–Crippen MR) is 128 cm³/mol. The molecule has 0 bridgehead atoms. The molecule has 4 rings (SSSR count). The highest BCUT2D eigenvalue weighted by atomic mass is 32.1. The number of benzene rings is 1. The number of amides is 2. The van der Waals surface area contributed by atoms with E-state index in [4.69, 9.17) is 4.74 Å².